The average molecular weight is 239 g/mol. The van der Waals surface area contributed by atoms with Crippen molar-refractivity contribution < 1.29 is 0 Å². The molecule has 1 aromatic rings. The largest absolute Gasteiger partial charge is 0.271 e. The Bertz CT molecular complexity index is 318. The molecule has 90 valence electrons. The van der Waals surface area contributed by atoms with Crippen molar-refractivity contribution >= 4 is 11.3 Å². The van der Waals surface area contributed by atoms with E-state index >= 15 is 0 Å². The van der Waals surface area contributed by atoms with Crippen molar-refractivity contribution in [1.82, 2.24) is 10.4 Å². The maximum atomic E-state index is 5.69. The fourth-order valence-electron chi connectivity index (χ4n) is 2.58. The molecule has 3 nitrogen and oxygen atoms in total. The number of nitrogens with zero attached hydrogens (tertiary/aromatic N) is 1. The van der Waals surface area contributed by atoms with E-state index in [2.05, 4.69) is 15.8 Å². The van der Waals surface area contributed by atoms with Gasteiger partial charge in [0.05, 0.1) is 5.01 Å². The van der Waals surface area contributed by atoms with Gasteiger partial charge in [0.2, 0.25) is 0 Å². The Morgan fingerprint density at radius 1 is 1.50 bits per heavy atom. The minimum Gasteiger partial charge on any atom is -0.271 e. The van der Waals surface area contributed by atoms with Crippen molar-refractivity contribution in [3.63, 3.8) is 0 Å². The number of hydrogen-bond acceptors (Lipinski definition) is 4. The van der Waals surface area contributed by atoms with Gasteiger partial charge < -0.3 is 0 Å². The summed E-state index contributed by atoms with van der Waals surface area (Å²) in [4.78, 5) is 4.52. The Morgan fingerprint density at radius 2 is 2.25 bits per heavy atom. The van der Waals surface area contributed by atoms with E-state index in [1.165, 1.54) is 37.1 Å². The third kappa shape index (κ3) is 3.03. The molecule has 1 saturated carbocycles. The van der Waals surface area contributed by atoms with Crippen LogP contribution in [0.15, 0.2) is 5.38 Å². The fraction of sp³-hybridized carbons (Fsp3) is 0.750. The topological polar surface area (TPSA) is 50.9 Å². The van der Waals surface area contributed by atoms with Crippen molar-refractivity contribution in [2.75, 3.05) is 0 Å². The summed E-state index contributed by atoms with van der Waals surface area (Å²) in [6.45, 7) is 2.05. The second-order valence-corrected chi connectivity index (χ2v) is 5.70. The summed E-state index contributed by atoms with van der Waals surface area (Å²) in [5.74, 6) is 6.42. The molecule has 2 rings (SSSR count). The summed E-state index contributed by atoms with van der Waals surface area (Å²) in [5.41, 5.74) is 4.12. The number of rotatable bonds is 4. The first-order chi connectivity index (χ1) is 7.79. The normalized spacial score (nSPS) is 19.9. The smallest absolute Gasteiger partial charge is 0.0944 e. The highest BCUT2D eigenvalue weighted by Gasteiger charge is 2.23. The molecule has 4 heteroatoms. The summed E-state index contributed by atoms with van der Waals surface area (Å²) in [5, 5.41) is 3.33. The molecule has 0 aromatic carbocycles. The maximum Gasteiger partial charge on any atom is 0.0944 e. The summed E-state index contributed by atoms with van der Waals surface area (Å²) in [6, 6.07) is 0.408. The lowest BCUT2D eigenvalue weighted by atomic mass is 9.83. The first-order valence-electron chi connectivity index (χ1n) is 6.16. The van der Waals surface area contributed by atoms with E-state index in [0.717, 1.165) is 18.0 Å². The summed E-state index contributed by atoms with van der Waals surface area (Å²) >= 11 is 1.75. The number of hydrogen-bond donors (Lipinski definition) is 2. The van der Waals surface area contributed by atoms with Gasteiger partial charge in [-0.2, -0.15) is 0 Å². The number of hydrazine groups is 1. The molecule has 3 N–H and O–H groups in total. The molecule has 1 aliphatic carbocycles. The number of aryl methyl sites for hydroxylation is 1. The first kappa shape index (κ1) is 12.0. The van der Waals surface area contributed by atoms with Gasteiger partial charge in [-0.3, -0.25) is 11.3 Å². The van der Waals surface area contributed by atoms with Crippen molar-refractivity contribution in [2.24, 2.45) is 11.8 Å². The highest BCUT2D eigenvalue weighted by Crippen LogP contribution is 2.28. The van der Waals surface area contributed by atoms with Crippen LogP contribution < -0.4 is 11.3 Å². The molecule has 1 unspecified atom stereocenters. The second kappa shape index (κ2) is 5.75. The Morgan fingerprint density at radius 3 is 2.81 bits per heavy atom. The van der Waals surface area contributed by atoms with E-state index in [-0.39, 0.29) is 0 Å². The van der Waals surface area contributed by atoms with E-state index in [4.69, 9.17) is 5.84 Å². The number of thiazole rings is 1. The SMILES string of the molecule is Cc1csc(CC(NN)C2CCCCC2)n1. The van der Waals surface area contributed by atoms with Crippen molar-refractivity contribution in [3.05, 3.63) is 16.1 Å². The van der Waals surface area contributed by atoms with Crippen LogP contribution in [0.25, 0.3) is 0 Å². The third-order valence-corrected chi connectivity index (χ3v) is 4.48. The molecule has 16 heavy (non-hydrogen) atoms. The molecule has 0 amide bonds. The molecule has 0 radical (unpaired) electrons. The van der Waals surface area contributed by atoms with Gasteiger partial charge >= 0.3 is 0 Å². The third-order valence-electron chi connectivity index (χ3n) is 3.49. The Balaban J connectivity index is 1.94. The lowest BCUT2D eigenvalue weighted by Gasteiger charge is -2.29. The molecule has 0 aliphatic heterocycles. The summed E-state index contributed by atoms with van der Waals surface area (Å²) < 4.78 is 0. The van der Waals surface area contributed by atoms with Gasteiger partial charge in [0.1, 0.15) is 0 Å². The van der Waals surface area contributed by atoms with E-state index < -0.39 is 0 Å². The minimum absolute atomic E-state index is 0.408. The molecule has 0 bridgehead atoms. The average Bonchev–Trinajstić information content (AvgIpc) is 2.73. The van der Waals surface area contributed by atoms with Crippen molar-refractivity contribution in [2.45, 2.75) is 51.5 Å². The van der Waals surface area contributed by atoms with E-state index in [9.17, 15) is 0 Å². The van der Waals surface area contributed by atoms with Crippen LogP contribution in [0.5, 0.6) is 0 Å². The zero-order valence-corrected chi connectivity index (χ0v) is 10.7. The molecule has 1 heterocycles. The molecule has 1 atom stereocenters. The Kier molecular flexibility index (Phi) is 4.32. The fourth-order valence-corrected chi connectivity index (χ4v) is 3.41. The highest BCUT2D eigenvalue weighted by molar-refractivity contribution is 7.09. The van der Waals surface area contributed by atoms with Crippen LogP contribution in [-0.2, 0) is 6.42 Å². The molecule has 1 aromatic heterocycles. The summed E-state index contributed by atoms with van der Waals surface area (Å²) in [6.07, 6.45) is 7.74. The first-order valence-corrected chi connectivity index (χ1v) is 7.04. The van der Waals surface area contributed by atoms with Crippen molar-refractivity contribution in [3.8, 4) is 0 Å². The predicted molar refractivity (Wildman–Crippen MR) is 68.2 cm³/mol. The second-order valence-electron chi connectivity index (χ2n) is 4.76. The highest BCUT2D eigenvalue weighted by atomic mass is 32.1. The summed E-state index contributed by atoms with van der Waals surface area (Å²) in [7, 11) is 0. The molecule has 0 spiro atoms. The number of nitrogens with one attached hydrogen (secondary N) is 1. The van der Waals surface area contributed by atoms with Crippen LogP contribution in [0.2, 0.25) is 0 Å². The Labute approximate surface area is 101 Å². The van der Waals surface area contributed by atoms with Crippen LogP contribution in [0.1, 0.15) is 42.8 Å². The van der Waals surface area contributed by atoms with E-state index in [1.807, 2.05) is 6.92 Å². The van der Waals surface area contributed by atoms with Crippen LogP contribution in [0.4, 0.5) is 0 Å². The Hall–Kier alpha value is -0.450. The lowest BCUT2D eigenvalue weighted by Crippen LogP contribution is -2.43. The predicted octanol–water partition coefficient (Wildman–Crippen LogP) is 2.41. The lowest BCUT2D eigenvalue weighted by molar-refractivity contribution is 0.268. The van der Waals surface area contributed by atoms with Crippen LogP contribution in [0, 0.1) is 12.8 Å². The number of aromatic nitrogens is 1. The van der Waals surface area contributed by atoms with Gasteiger partial charge in [-0.05, 0) is 25.7 Å². The van der Waals surface area contributed by atoms with Gasteiger partial charge in [0.15, 0.2) is 0 Å². The zero-order chi connectivity index (χ0) is 11.4. The minimum atomic E-state index is 0.408. The van der Waals surface area contributed by atoms with Gasteiger partial charge in [-0.1, -0.05) is 19.3 Å². The van der Waals surface area contributed by atoms with Gasteiger partial charge in [-0.15, -0.1) is 11.3 Å². The standard InChI is InChI=1S/C12H21N3S/c1-9-8-16-12(14-9)7-11(15-13)10-5-3-2-4-6-10/h8,10-11,15H,2-7,13H2,1H3. The van der Waals surface area contributed by atoms with Gasteiger partial charge in [0.25, 0.3) is 0 Å². The van der Waals surface area contributed by atoms with Crippen molar-refractivity contribution in [1.29, 1.82) is 0 Å². The molecule has 1 aliphatic rings. The van der Waals surface area contributed by atoms with Crippen LogP contribution in [-0.4, -0.2) is 11.0 Å². The quantitative estimate of drug-likeness (QED) is 0.626. The van der Waals surface area contributed by atoms with Gasteiger partial charge in [0, 0.05) is 23.5 Å². The maximum absolute atomic E-state index is 5.69. The van der Waals surface area contributed by atoms with Gasteiger partial charge in [-0.25, -0.2) is 4.98 Å². The van der Waals surface area contributed by atoms with Crippen LogP contribution >= 0.6 is 11.3 Å². The molecule has 1 fully saturated rings. The van der Waals surface area contributed by atoms with E-state index in [0.29, 0.717) is 6.04 Å². The molecular weight excluding hydrogens is 218 g/mol. The number of nitrogens with two attached hydrogens (primary N) is 1. The monoisotopic (exact) mass is 239 g/mol. The zero-order valence-electron chi connectivity index (χ0n) is 9.91. The molecular formula is C12H21N3S. The van der Waals surface area contributed by atoms with Crippen LogP contribution in [0.3, 0.4) is 0 Å². The van der Waals surface area contributed by atoms with E-state index in [1.54, 1.807) is 11.3 Å². The molecule has 0 saturated heterocycles.